The number of hydrogen-bond donors (Lipinski definition) is 1. The first-order valence-corrected chi connectivity index (χ1v) is 4.00. The van der Waals surface area contributed by atoms with Gasteiger partial charge in [0.1, 0.15) is 11.9 Å². The summed E-state index contributed by atoms with van der Waals surface area (Å²) in [6.45, 7) is 0. The van der Waals surface area contributed by atoms with Gasteiger partial charge in [0.15, 0.2) is 11.6 Å². The van der Waals surface area contributed by atoms with Crippen molar-refractivity contribution in [1.29, 1.82) is 0 Å². The van der Waals surface area contributed by atoms with Crippen LogP contribution >= 0.6 is 27.8 Å². The van der Waals surface area contributed by atoms with Crippen molar-refractivity contribution in [2.45, 2.75) is 0 Å². The van der Waals surface area contributed by atoms with Gasteiger partial charge in [0.2, 0.25) is 0 Å². The lowest BCUT2D eigenvalue weighted by molar-refractivity contribution is 0.617. The summed E-state index contributed by atoms with van der Waals surface area (Å²) in [5.41, 5.74) is 0. The largest absolute Gasteiger partial charge is 0.382 e. The fraction of sp³-hybridized carbons (Fsp3) is 0.167. The first-order chi connectivity index (χ1) is 5.27. The molecule has 1 aromatic heterocycles. The number of nitrogens with one attached hydrogen (secondary N) is 1. The second-order valence-corrected chi connectivity index (χ2v) is 2.90. The third kappa shape index (κ3) is 1.97. The molecule has 0 fully saturated rings. The van der Waals surface area contributed by atoms with Gasteiger partial charge in [-0.05, 0) is 15.9 Å². The van der Waals surface area contributed by atoms with E-state index in [1.165, 1.54) is 0 Å². The molecule has 0 radical (unpaired) electrons. The van der Waals surface area contributed by atoms with Crippen molar-refractivity contribution in [3.63, 3.8) is 0 Å². The predicted molar refractivity (Wildman–Crippen MR) is 48.0 cm³/mol. The van der Waals surface area contributed by atoms with Crippen molar-refractivity contribution in [3.05, 3.63) is 16.7 Å². The van der Waals surface area contributed by atoms with E-state index in [9.17, 15) is 0 Å². The number of nitrogens with zero attached hydrogens (tertiary/aromatic N) is 1. The Labute approximate surface area is 78.0 Å². The Hall–Kier alpha value is -0.480. The number of anilines is 1. The van der Waals surface area contributed by atoms with Gasteiger partial charge in [0, 0.05) is 23.8 Å². The normalized spacial score (nSPS) is 9.36. The molecule has 0 aliphatic heterocycles. The van der Waals surface area contributed by atoms with E-state index in [0.717, 1.165) is 4.47 Å². The average Bonchev–Trinajstić information content (AvgIpc) is 2.04. The maximum atomic E-state index is 5.18. The van der Waals surface area contributed by atoms with Crippen LogP contribution < -0.4 is 9.61 Å². The van der Waals surface area contributed by atoms with Crippen molar-refractivity contribution >= 4 is 33.6 Å². The minimum atomic E-state index is 0.503. The van der Waals surface area contributed by atoms with Crippen LogP contribution in [0, 0.1) is 0 Å². The Morgan fingerprint density at radius 2 is 2.45 bits per heavy atom. The maximum absolute atomic E-state index is 5.18. The topological polar surface area (TPSA) is 34.2 Å². The zero-order chi connectivity index (χ0) is 8.27. The highest BCUT2D eigenvalue weighted by Crippen LogP contribution is 2.25. The zero-order valence-corrected chi connectivity index (χ0v) is 8.11. The average molecular weight is 237 g/mol. The van der Waals surface area contributed by atoms with Gasteiger partial charge in [0.25, 0.3) is 0 Å². The van der Waals surface area contributed by atoms with E-state index in [2.05, 4.69) is 30.5 Å². The van der Waals surface area contributed by atoms with Crippen molar-refractivity contribution in [2.24, 2.45) is 0 Å². The van der Waals surface area contributed by atoms with Crippen LogP contribution in [0.3, 0.4) is 0 Å². The minimum Gasteiger partial charge on any atom is -0.382 e. The number of halogens is 2. The van der Waals surface area contributed by atoms with E-state index >= 15 is 0 Å². The fourth-order valence-corrected chi connectivity index (χ4v) is 1.10. The van der Waals surface area contributed by atoms with Crippen LogP contribution in [0.2, 0.25) is 0 Å². The maximum Gasteiger partial charge on any atom is 0.189 e. The molecular weight excluding hydrogens is 231 g/mol. The van der Waals surface area contributed by atoms with Gasteiger partial charge < -0.3 is 9.61 Å². The Morgan fingerprint density at radius 3 is 3.00 bits per heavy atom. The Morgan fingerprint density at radius 1 is 1.73 bits per heavy atom. The summed E-state index contributed by atoms with van der Waals surface area (Å²) in [5, 5.41) is 2.83. The SMILES string of the molecule is CNc1ncc(Br)cc1OCl. The molecule has 0 saturated carbocycles. The fourth-order valence-electron chi connectivity index (χ4n) is 0.667. The quantitative estimate of drug-likeness (QED) is 0.858. The highest BCUT2D eigenvalue weighted by atomic mass is 79.9. The highest BCUT2D eigenvalue weighted by Gasteiger charge is 2.02. The van der Waals surface area contributed by atoms with Crippen LogP contribution in [-0.2, 0) is 0 Å². The Bertz CT molecular complexity index is 256. The summed E-state index contributed by atoms with van der Waals surface area (Å²) >= 11 is 8.42. The lowest BCUT2D eigenvalue weighted by atomic mass is 10.4. The highest BCUT2D eigenvalue weighted by molar-refractivity contribution is 9.10. The van der Waals surface area contributed by atoms with Crippen molar-refractivity contribution in [3.8, 4) is 5.75 Å². The number of hydrogen-bond acceptors (Lipinski definition) is 3. The molecule has 5 heteroatoms. The molecule has 0 spiro atoms. The van der Waals surface area contributed by atoms with Crippen LogP contribution in [-0.4, -0.2) is 12.0 Å². The standard InChI is InChI=1S/C6H6BrClN2O/c1-9-6-5(11-8)2-4(7)3-10-6/h2-3H,1H3,(H,9,10). The van der Waals surface area contributed by atoms with E-state index < -0.39 is 0 Å². The molecule has 60 valence electrons. The van der Waals surface area contributed by atoms with Crippen molar-refractivity contribution in [2.75, 3.05) is 12.4 Å². The van der Waals surface area contributed by atoms with Crippen molar-refractivity contribution in [1.82, 2.24) is 4.98 Å². The smallest absolute Gasteiger partial charge is 0.189 e. The van der Waals surface area contributed by atoms with Crippen LogP contribution in [0.15, 0.2) is 16.7 Å². The molecule has 11 heavy (non-hydrogen) atoms. The van der Waals surface area contributed by atoms with Crippen LogP contribution in [0.25, 0.3) is 0 Å². The second kappa shape index (κ2) is 3.78. The lowest BCUT2D eigenvalue weighted by Gasteiger charge is -2.03. The molecule has 3 nitrogen and oxygen atoms in total. The summed E-state index contributed by atoms with van der Waals surface area (Å²) in [4.78, 5) is 4.00. The van der Waals surface area contributed by atoms with E-state index in [4.69, 9.17) is 11.9 Å². The number of rotatable bonds is 2. The van der Waals surface area contributed by atoms with Gasteiger partial charge in [0.05, 0.1) is 0 Å². The zero-order valence-electron chi connectivity index (χ0n) is 5.77. The van der Waals surface area contributed by atoms with E-state index in [-0.39, 0.29) is 0 Å². The van der Waals surface area contributed by atoms with Gasteiger partial charge in [-0.3, -0.25) is 0 Å². The van der Waals surface area contributed by atoms with Crippen LogP contribution in [0.1, 0.15) is 0 Å². The molecule has 0 saturated heterocycles. The molecule has 1 aromatic rings. The third-order valence-electron chi connectivity index (χ3n) is 1.14. The Kier molecular flexibility index (Phi) is 2.96. The third-order valence-corrected chi connectivity index (χ3v) is 1.74. The number of pyridine rings is 1. The molecular formula is C6H6BrClN2O. The Balaban J connectivity index is 3.06. The van der Waals surface area contributed by atoms with E-state index in [1.807, 2.05) is 0 Å². The summed E-state index contributed by atoms with van der Waals surface area (Å²) in [5.74, 6) is 1.12. The minimum absolute atomic E-state index is 0.503. The summed E-state index contributed by atoms with van der Waals surface area (Å²) in [6, 6.07) is 1.73. The summed E-state index contributed by atoms with van der Waals surface area (Å²) in [7, 11) is 1.75. The molecule has 0 aliphatic rings. The molecule has 0 unspecified atom stereocenters. The predicted octanol–water partition coefficient (Wildman–Crippen LogP) is 2.42. The number of aromatic nitrogens is 1. The second-order valence-electron chi connectivity index (χ2n) is 1.83. The first-order valence-electron chi connectivity index (χ1n) is 2.90. The summed E-state index contributed by atoms with van der Waals surface area (Å²) in [6.07, 6.45) is 1.66. The molecule has 0 amide bonds. The molecule has 0 aromatic carbocycles. The molecule has 0 atom stereocenters. The summed E-state index contributed by atoms with van der Waals surface area (Å²) < 4.78 is 5.36. The monoisotopic (exact) mass is 236 g/mol. The van der Waals surface area contributed by atoms with Gasteiger partial charge in [-0.1, -0.05) is 0 Å². The first kappa shape index (κ1) is 8.62. The molecule has 0 bridgehead atoms. The van der Waals surface area contributed by atoms with Crippen molar-refractivity contribution < 1.29 is 4.29 Å². The van der Waals surface area contributed by atoms with E-state index in [0.29, 0.717) is 11.6 Å². The van der Waals surface area contributed by atoms with Crippen LogP contribution in [0.5, 0.6) is 5.75 Å². The van der Waals surface area contributed by atoms with Gasteiger partial charge in [-0.15, -0.1) is 0 Å². The molecule has 1 N–H and O–H groups in total. The molecule has 1 rings (SSSR count). The molecule has 0 aliphatic carbocycles. The van der Waals surface area contributed by atoms with Crippen LogP contribution in [0.4, 0.5) is 5.82 Å². The molecule has 1 heterocycles. The van der Waals surface area contributed by atoms with Gasteiger partial charge in [-0.2, -0.15) is 0 Å². The van der Waals surface area contributed by atoms with E-state index in [1.54, 1.807) is 19.3 Å². The lowest BCUT2D eigenvalue weighted by Crippen LogP contribution is -1.93. The van der Waals surface area contributed by atoms with Gasteiger partial charge in [-0.25, -0.2) is 4.98 Å². The van der Waals surface area contributed by atoms with Gasteiger partial charge >= 0.3 is 0 Å².